The van der Waals surface area contributed by atoms with E-state index in [1.807, 2.05) is 0 Å². The van der Waals surface area contributed by atoms with Crippen LogP contribution in [0.2, 0.25) is 0 Å². The van der Waals surface area contributed by atoms with E-state index < -0.39 is 17.9 Å². The number of carboxylic acids is 1. The molecular weight excluding hydrogens is 210 g/mol. The van der Waals surface area contributed by atoms with Crippen molar-refractivity contribution >= 4 is 11.9 Å². The minimum atomic E-state index is -1.29. The second kappa shape index (κ2) is 4.83. The van der Waals surface area contributed by atoms with Gasteiger partial charge in [-0.25, -0.2) is 0 Å². The number of furan rings is 1. The first kappa shape index (κ1) is 12.3. The Morgan fingerprint density at radius 1 is 1.44 bits per heavy atom. The maximum absolute atomic E-state index is 11.6. The van der Waals surface area contributed by atoms with Crippen LogP contribution >= 0.6 is 0 Å². The van der Waals surface area contributed by atoms with E-state index in [4.69, 9.17) is 4.42 Å². The van der Waals surface area contributed by atoms with Crippen molar-refractivity contribution in [1.29, 1.82) is 0 Å². The predicted molar refractivity (Wildman–Crippen MR) is 54.5 cm³/mol. The zero-order valence-electron chi connectivity index (χ0n) is 9.44. The largest absolute Gasteiger partial charge is 0.548 e. The average molecular weight is 224 g/mol. The lowest BCUT2D eigenvalue weighted by Gasteiger charge is -2.22. The first-order valence-corrected chi connectivity index (χ1v) is 4.98. The number of carbonyl (C=O) groups excluding carboxylic acids is 2. The lowest BCUT2D eigenvalue weighted by atomic mass is 10.0. The van der Waals surface area contributed by atoms with E-state index in [1.165, 1.54) is 6.26 Å². The molecule has 0 aliphatic carbocycles. The number of carboxylic acid groups (broad SMARTS) is 1. The van der Waals surface area contributed by atoms with Gasteiger partial charge in [0.25, 0.3) is 5.91 Å². The highest BCUT2D eigenvalue weighted by Gasteiger charge is 2.18. The molecule has 1 amide bonds. The number of rotatable bonds is 4. The van der Waals surface area contributed by atoms with Crippen molar-refractivity contribution < 1.29 is 19.1 Å². The Morgan fingerprint density at radius 3 is 2.44 bits per heavy atom. The number of amides is 1. The van der Waals surface area contributed by atoms with Gasteiger partial charge in [-0.05, 0) is 18.9 Å². The summed E-state index contributed by atoms with van der Waals surface area (Å²) in [6, 6.07) is 0.546. The highest BCUT2D eigenvalue weighted by atomic mass is 16.4. The van der Waals surface area contributed by atoms with Crippen molar-refractivity contribution in [3.8, 4) is 0 Å². The van der Waals surface area contributed by atoms with E-state index in [1.54, 1.807) is 26.8 Å². The molecule has 1 rings (SSSR count). The lowest BCUT2D eigenvalue weighted by Crippen LogP contribution is -2.50. The van der Waals surface area contributed by atoms with Gasteiger partial charge in [-0.3, -0.25) is 4.79 Å². The summed E-state index contributed by atoms with van der Waals surface area (Å²) in [5.41, 5.74) is 0.310. The Hall–Kier alpha value is -1.78. The molecular formula is C11H14NO4-. The van der Waals surface area contributed by atoms with Gasteiger partial charge in [0.15, 0.2) is 0 Å². The Labute approximate surface area is 93.4 Å². The summed E-state index contributed by atoms with van der Waals surface area (Å²) in [7, 11) is 0. The fourth-order valence-corrected chi connectivity index (χ4v) is 1.28. The smallest absolute Gasteiger partial charge is 0.255 e. The van der Waals surface area contributed by atoms with Crippen molar-refractivity contribution in [3.05, 3.63) is 23.7 Å². The van der Waals surface area contributed by atoms with E-state index in [0.717, 1.165) is 0 Å². The summed E-state index contributed by atoms with van der Waals surface area (Å²) >= 11 is 0. The van der Waals surface area contributed by atoms with E-state index in [-0.39, 0.29) is 5.92 Å². The fraction of sp³-hybridized carbons (Fsp3) is 0.455. The SMILES string of the molecule is Cc1cc(C(=O)N[C@@H](C(=O)[O-])C(C)C)co1. The van der Waals surface area contributed by atoms with Gasteiger partial charge < -0.3 is 19.6 Å². The number of carbonyl (C=O) groups is 2. The van der Waals surface area contributed by atoms with Gasteiger partial charge in [0, 0.05) is 0 Å². The predicted octanol–water partition coefficient (Wildman–Crippen LogP) is 0.0923. The van der Waals surface area contributed by atoms with Crippen LogP contribution in [0.5, 0.6) is 0 Å². The summed E-state index contributed by atoms with van der Waals surface area (Å²) in [5, 5.41) is 13.1. The van der Waals surface area contributed by atoms with Crippen LogP contribution in [0.4, 0.5) is 0 Å². The van der Waals surface area contributed by atoms with Gasteiger partial charge in [-0.2, -0.15) is 0 Å². The molecule has 0 bridgehead atoms. The molecule has 1 atom stereocenters. The van der Waals surface area contributed by atoms with Crippen LogP contribution in [0.1, 0.15) is 30.0 Å². The summed E-state index contributed by atoms with van der Waals surface area (Å²) in [6.45, 7) is 5.10. The molecule has 16 heavy (non-hydrogen) atoms. The molecule has 1 aromatic rings. The summed E-state index contributed by atoms with van der Waals surface area (Å²) in [5.74, 6) is -1.40. The fourth-order valence-electron chi connectivity index (χ4n) is 1.28. The van der Waals surface area contributed by atoms with Gasteiger partial charge in [0.1, 0.15) is 12.0 Å². The van der Waals surface area contributed by atoms with Gasteiger partial charge in [0.05, 0.1) is 17.6 Å². The topological polar surface area (TPSA) is 82.4 Å². The molecule has 1 N–H and O–H groups in total. The number of aryl methyl sites for hydroxylation is 1. The van der Waals surface area contributed by atoms with E-state index >= 15 is 0 Å². The molecule has 0 saturated heterocycles. The quantitative estimate of drug-likeness (QED) is 0.785. The van der Waals surface area contributed by atoms with Crippen LogP contribution in [-0.2, 0) is 4.79 Å². The zero-order chi connectivity index (χ0) is 12.3. The average Bonchev–Trinajstić information content (AvgIpc) is 2.59. The highest BCUT2D eigenvalue weighted by molar-refractivity contribution is 5.96. The Morgan fingerprint density at radius 2 is 2.06 bits per heavy atom. The molecule has 0 spiro atoms. The number of hydrogen-bond donors (Lipinski definition) is 1. The second-order valence-corrected chi connectivity index (χ2v) is 3.96. The van der Waals surface area contributed by atoms with Crippen molar-refractivity contribution in [1.82, 2.24) is 5.32 Å². The molecule has 0 aliphatic heterocycles. The number of hydrogen-bond acceptors (Lipinski definition) is 4. The third-order valence-corrected chi connectivity index (χ3v) is 2.20. The second-order valence-electron chi connectivity index (χ2n) is 3.96. The van der Waals surface area contributed by atoms with Crippen LogP contribution < -0.4 is 10.4 Å². The van der Waals surface area contributed by atoms with Crippen LogP contribution in [0.3, 0.4) is 0 Å². The van der Waals surface area contributed by atoms with E-state index in [9.17, 15) is 14.7 Å². The normalized spacial score (nSPS) is 12.5. The Kier molecular flexibility index (Phi) is 3.71. The Bertz CT molecular complexity index is 394. The first-order valence-electron chi connectivity index (χ1n) is 4.98. The minimum absolute atomic E-state index is 0.234. The van der Waals surface area contributed by atoms with Crippen LogP contribution in [0, 0.1) is 12.8 Å². The van der Waals surface area contributed by atoms with Crippen LogP contribution in [0.15, 0.2) is 16.7 Å². The van der Waals surface area contributed by atoms with Crippen molar-refractivity contribution in [2.75, 3.05) is 0 Å². The molecule has 0 saturated carbocycles. The van der Waals surface area contributed by atoms with Gasteiger partial charge in [-0.15, -0.1) is 0 Å². The molecule has 0 aromatic carbocycles. The lowest BCUT2D eigenvalue weighted by molar-refractivity contribution is -0.309. The molecule has 0 aliphatic rings. The van der Waals surface area contributed by atoms with E-state index in [2.05, 4.69) is 5.32 Å². The zero-order valence-corrected chi connectivity index (χ0v) is 9.44. The Balaban J connectivity index is 2.73. The number of nitrogens with one attached hydrogen (secondary N) is 1. The molecule has 1 aromatic heterocycles. The van der Waals surface area contributed by atoms with Crippen LogP contribution in [-0.4, -0.2) is 17.9 Å². The molecule has 5 heteroatoms. The van der Waals surface area contributed by atoms with Crippen LogP contribution in [0.25, 0.3) is 0 Å². The maximum atomic E-state index is 11.6. The first-order chi connectivity index (χ1) is 7.41. The number of aliphatic carboxylic acids is 1. The standard InChI is InChI=1S/C11H15NO4/c1-6(2)9(11(14)15)12-10(13)8-4-7(3)16-5-8/h4-6,9H,1-3H3,(H,12,13)(H,14,15)/p-1/t9-/m1/s1. The third kappa shape index (κ3) is 2.85. The monoisotopic (exact) mass is 224 g/mol. The minimum Gasteiger partial charge on any atom is -0.548 e. The summed E-state index contributed by atoms with van der Waals surface area (Å²) in [4.78, 5) is 22.4. The van der Waals surface area contributed by atoms with Crippen molar-refractivity contribution in [2.24, 2.45) is 5.92 Å². The molecule has 5 nitrogen and oxygen atoms in total. The van der Waals surface area contributed by atoms with Gasteiger partial charge >= 0.3 is 0 Å². The molecule has 0 unspecified atom stereocenters. The molecule has 1 heterocycles. The molecule has 0 radical (unpaired) electrons. The van der Waals surface area contributed by atoms with Crippen molar-refractivity contribution in [3.63, 3.8) is 0 Å². The molecule has 0 fully saturated rings. The van der Waals surface area contributed by atoms with E-state index in [0.29, 0.717) is 11.3 Å². The van der Waals surface area contributed by atoms with Crippen molar-refractivity contribution in [2.45, 2.75) is 26.8 Å². The molecule has 88 valence electrons. The third-order valence-electron chi connectivity index (χ3n) is 2.20. The summed E-state index contributed by atoms with van der Waals surface area (Å²) < 4.78 is 4.96. The summed E-state index contributed by atoms with van der Waals surface area (Å²) in [6.07, 6.45) is 1.29. The van der Waals surface area contributed by atoms with Gasteiger partial charge in [-0.1, -0.05) is 13.8 Å². The highest BCUT2D eigenvalue weighted by Crippen LogP contribution is 2.08. The maximum Gasteiger partial charge on any atom is 0.255 e. The van der Waals surface area contributed by atoms with Gasteiger partial charge in [0.2, 0.25) is 0 Å².